The maximum atomic E-state index is 13.4. The third kappa shape index (κ3) is 3.77. The Balaban J connectivity index is 1.51. The van der Waals surface area contributed by atoms with Gasteiger partial charge < -0.3 is 15.0 Å². The van der Waals surface area contributed by atoms with Gasteiger partial charge in [-0.2, -0.15) is 0 Å². The van der Waals surface area contributed by atoms with Crippen LogP contribution in [0.1, 0.15) is 54.2 Å². The molecule has 2 unspecified atom stereocenters. The zero-order valence-corrected chi connectivity index (χ0v) is 16.9. The predicted molar refractivity (Wildman–Crippen MR) is 109 cm³/mol. The van der Waals surface area contributed by atoms with Gasteiger partial charge in [0.2, 0.25) is 0 Å². The summed E-state index contributed by atoms with van der Waals surface area (Å²) in [6, 6.07) is 4.08. The summed E-state index contributed by atoms with van der Waals surface area (Å²) in [5.41, 5.74) is 0.944. The van der Waals surface area contributed by atoms with Gasteiger partial charge in [0, 0.05) is 25.1 Å². The van der Waals surface area contributed by atoms with Crippen LogP contribution in [-0.4, -0.2) is 26.2 Å². The highest BCUT2D eigenvalue weighted by atomic mass is 35.5. The lowest BCUT2D eigenvalue weighted by Crippen LogP contribution is -2.25. The Morgan fingerprint density at radius 1 is 1.45 bits per heavy atom. The molecule has 2 aliphatic rings. The van der Waals surface area contributed by atoms with Gasteiger partial charge in [0.15, 0.2) is 0 Å². The zero-order valence-electron chi connectivity index (χ0n) is 16.2. The molecule has 1 aromatic carbocycles. The van der Waals surface area contributed by atoms with Crippen LogP contribution in [0, 0.1) is 30.0 Å². The molecule has 2 fully saturated rings. The summed E-state index contributed by atoms with van der Waals surface area (Å²) in [5.74, 6) is 2.71. The number of aryl methyl sites for hydroxylation is 1. The van der Waals surface area contributed by atoms with Crippen molar-refractivity contribution in [2.45, 2.75) is 43.6 Å². The van der Waals surface area contributed by atoms with Gasteiger partial charge in [-0.25, -0.2) is 9.37 Å². The Hall–Kier alpha value is -2.36. The second-order valence-electron chi connectivity index (χ2n) is 8.37. The number of rotatable bonds is 4. The SMILES string of the molecule is C#CCC1(O)CC2CC(c3ncn(C)c3C(=O)Nc3ccc(F)c(Cl)c3)CC2C1. The van der Waals surface area contributed by atoms with E-state index >= 15 is 0 Å². The number of imidazole rings is 1. The lowest BCUT2D eigenvalue weighted by atomic mass is 9.90. The molecular formula is C22H23ClFN3O2. The van der Waals surface area contributed by atoms with E-state index in [4.69, 9.17) is 18.0 Å². The first kappa shape index (κ1) is 19.9. The van der Waals surface area contributed by atoms with E-state index in [9.17, 15) is 14.3 Å². The number of aromatic nitrogens is 2. The molecule has 5 nitrogen and oxygen atoms in total. The Morgan fingerprint density at radius 3 is 2.76 bits per heavy atom. The van der Waals surface area contributed by atoms with Crippen LogP contribution in [0.3, 0.4) is 0 Å². The van der Waals surface area contributed by atoms with Crippen molar-refractivity contribution in [3.63, 3.8) is 0 Å². The minimum atomic E-state index is -0.749. The van der Waals surface area contributed by atoms with E-state index in [1.165, 1.54) is 18.2 Å². The lowest BCUT2D eigenvalue weighted by molar-refractivity contribution is 0.0434. The number of benzene rings is 1. The number of carbonyl (C=O) groups is 1. The molecule has 1 aromatic heterocycles. The minimum Gasteiger partial charge on any atom is -0.389 e. The number of anilines is 1. The first-order valence-corrected chi connectivity index (χ1v) is 10.1. The molecule has 2 N–H and O–H groups in total. The van der Waals surface area contributed by atoms with Crippen LogP contribution in [0.4, 0.5) is 10.1 Å². The molecule has 152 valence electrons. The number of nitrogens with zero attached hydrogens (tertiary/aromatic N) is 2. The van der Waals surface area contributed by atoms with Gasteiger partial charge in [0.1, 0.15) is 11.5 Å². The first-order chi connectivity index (χ1) is 13.8. The lowest BCUT2D eigenvalue weighted by Gasteiger charge is -2.22. The maximum Gasteiger partial charge on any atom is 0.274 e. The molecule has 2 aromatic rings. The third-order valence-electron chi connectivity index (χ3n) is 6.30. The molecule has 4 rings (SSSR count). The summed E-state index contributed by atoms with van der Waals surface area (Å²) in [6.45, 7) is 0. The van der Waals surface area contributed by atoms with Crippen molar-refractivity contribution in [1.82, 2.24) is 9.55 Å². The number of hydrogen-bond acceptors (Lipinski definition) is 3. The maximum absolute atomic E-state index is 13.4. The molecule has 0 saturated heterocycles. The number of aliphatic hydroxyl groups is 1. The van der Waals surface area contributed by atoms with E-state index in [0.717, 1.165) is 18.5 Å². The molecular weight excluding hydrogens is 393 g/mol. The predicted octanol–water partition coefficient (Wildman–Crippen LogP) is 4.12. The van der Waals surface area contributed by atoms with Gasteiger partial charge in [-0.3, -0.25) is 4.79 Å². The van der Waals surface area contributed by atoms with Crippen molar-refractivity contribution in [1.29, 1.82) is 0 Å². The molecule has 29 heavy (non-hydrogen) atoms. The molecule has 1 heterocycles. The molecule has 0 spiro atoms. The normalized spacial score (nSPS) is 28.2. The van der Waals surface area contributed by atoms with Gasteiger partial charge in [-0.15, -0.1) is 12.3 Å². The highest BCUT2D eigenvalue weighted by Gasteiger charge is 2.49. The van der Waals surface area contributed by atoms with Gasteiger partial charge in [-0.05, 0) is 55.7 Å². The summed E-state index contributed by atoms with van der Waals surface area (Å²) in [7, 11) is 1.78. The van der Waals surface area contributed by atoms with Crippen LogP contribution >= 0.6 is 11.6 Å². The number of terminal acetylenes is 1. The minimum absolute atomic E-state index is 0.0453. The topological polar surface area (TPSA) is 67.2 Å². The van der Waals surface area contributed by atoms with Crippen molar-refractivity contribution in [3.8, 4) is 12.3 Å². The fraction of sp³-hybridized carbons (Fsp3) is 0.455. The quantitative estimate of drug-likeness (QED) is 0.738. The molecule has 2 atom stereocenters. The van der Waals surface area contributed by atoms with Crippen LogP contribution in [-0.2, 0) is 7.05 Å². The van der Waals surface area contributed by atoms with E-state index in [2.05, 4.69) is 16.2 Å². The monoisotopic (exact) mass is 415 g/mol. The summed E-state index contributed by atoms with van der Waals surface area (Å²) >= 11 is 5.81. The fourth-order valence-corrected chi connectivity index (χ4v) is 5.30. The average Bonchev–Trinajstić information content (AvgIpc) is 3.29. The number of carbonyl (C=O) groups excluding carboxylic acids is 1. The van der Waals surface area contributed by atoms with Crippen LogP contribution in [0.2, 0.25) is 5.02 Å². The van der Waals surface area contributed by atoms with Crippen molar-refractivity contribution >= 4 is 23.2 Å². The highest BCUT2D eigenvalue weighted by Crippen LogP contribution is 2.54. The molecule has 2 aliphatic carbocycles. The third-order valence-corrected chi connectivity index (χ3v) is 6.59. The van der Waals surface area contributed by atoms with Gasteiger partial charge in [-0.1, -0.05) is 11.6 Å². The summed E-state index contributed by atoms with van der Waals surface area (Å²) in [5, 5.41) is 13.4. The van der Waals surface area contributed by atoms with Gasteiger partial charge >= 0.3 is 0 Å². The van der Waals surface area contributed by atoms with Crippen molar-refractivity contribution in [2.24, 2.45) is 18.9 Å². The highest BCUT2D eigenvalue weighted by molar-refractivity contribution is 6.31. The van der Waals surface area contributed by atoms with E-state index in [1.54, 1.807) is 17.9 Å². The van der Waals surface area contributed by atoms with E-state index in [0.29, 0.717) is 42.5 Å². The Labute approximate surface area is 174 Å². The Bertz CT molecular complexity index is 982. The summed E-state index contributed by atoms with van der Waals surface area (Å²) in [4.78, 5) is 17.4. The number of amides is 1. The van der Waals surface area contributed by atoms with E-state index in [1.807, 2.05) is 0 Å². The number of fused-ring (bicyclic) bond motifs is 1. The first-order valence-electron chi connectivity index (χ1n) is 9.73. The van der Waals surface area contributed by atoms with E-state index in [-0.39, 0.29) is 16.8 Å². The summed E-state index contributed by atoms with van der Waals surface area (Å²) < 4.78 is 15.1. The second kappa shape index (κ2) is 7.47. The zero-order chi connectivity index (χ0) is 20.8. The molecule has 7 heteroatoms. The molecule has 0 radical (unpaired) electrons. The van der Waals surface area contributed by atoms with Crippen LogP contribution in [0.25, 0.3) is 0 Å². The number of hydrogen-bond donors (Lipinski definition) is 2. The molecule has 0 bridgehead atoms. The van der Waals surface area contributed by atoms with Crippen molar-refractivity contribution in [2.75, 3.05) is 5.32 Å². The molecule has 1 amide bonds. The Kier molecular flexibility index (Phi) is 5.14. The Morgan fingerprint density at radius 2 is 2.14 bits per heavy atom. The van der Waals surface area contributed by atoms with Crippen LogP contribution in [0.5, 0.6) is 0 Å². The second-order valence-corrected chi connectivity index (χ2v) is 8.78. The molecule has 0 aliphatic heterocycles. The largest absolute Gasteiger partial charge is 0.389 e. The standard InChI is InChI=1S/C22H23ClFN3O2/c1-3-6-22(29)10-14-7-13(8-15(14)11-22)19-20(27(2)12-25-19)21(28)26-16-4-5-18(24)17(23)9-16/h1,4-5,9,12-15,29H,6-8,10-11H2,2H3,(H,26,28). The van der Waals surface area contributed by atoms with Crippen molar-refractivity contribution in [3.05, 3.63) is 46.8 Å². The number of nitrogens with one attached hydrogen (secondary N) is 1. The average molecular weight is 416 g/mol. The molecule has 2 saturated carbocycles. The van der Waals surface area contributed by atoms with Crippen molar-refractivity contribution < 1.29 is 14.3 Å². The fourth-order valence-electron chi connectivity index (χ4n) is 5.12. The van der Waals surface area contributed by atoms with Gasteiger partial charge in [0.25, 0.3) is 5.91 Å². The van der Waals surface area contributed by atoms with E-state index < -0.39 is 11.4 Å². The van der Waals surface area contributed by atoms with Crippen LogP contribution < -0.4 is 5.32 Å². The summed E-state index contributed by atoms with van der Waals surface area (Å²) in [6.07, 6.45) is 10.6. The smallest absolute Gasteiger partial charge is 0.274 e. The van der Waals surface area contributed by atoms with Crippen LogP contribution in [0.15, 0.2) is 24.5 Å². The van der Waals surface area contributed by atoms with Gasteiger partial charge in [0.05, 0.1) is 22.6 Å². The number of halogens is 2.